The Morgan fingerprint density at radius 2 is 1.89 bits per heavy atom. The molecule has 4 rings (SSSR count). The summed E-state index contributed by atoms with van der Waals surface area (Å²) in [6.45, 7) is 2.93. The SMILES string of the molecule is CCN(c1ccccc1)c1cc(C(=O)Nc2ccc3c(c2)OCO3)ncn1. The largest absolute Gasteiger partial charge is 0.454 e. The van der Waals surface area contributed by atoms with Crippen LogP contribution in [-0.2, 0) is 0 Å². The van der Waals surface area contributed by atoms with E-state index in [4.69, 9.17) is 9.47 Å². The van der Waals surface area contributed by atoms with Crippen molar-refractivity contribution in [3.63, 3.8) is 0 Å². The third kappa shape index (κ3) is 3.52. The number of hydrogen-bond acceptors (Lipinski definition) is 6. The third-order valence-electron chi connectivity index (χ3n) is 4.18. The molecule has 2 aromatic carbocycles. The number of hydrogen-bond donors (Lipinski definition) is 1. The van der Waals surface area contributed by atoms with Crippen LogP contribution in [0.1, 0.15) is 17.4 Å². The summed E-state index contributed by atoms with van der Waals surface area (Å²) in [4.78, 5) is 23.1. The van der Waals surface area contributed by atoms with Crippen LogP contribution < -0.4 is 19.7 Å². The second-order valence-corrected chi connectivity index (χ2v) is 5.86. The first-order valence-electron chi connectivity index (χ1n) is 8.60. The Morgan fingerprint density at radius 1 is 1.07 bits per heavy atom. The molecule has 0 bridgehead atoms. The summed E-state index contributed by atoms with van der Waals surface area (Å²) in [7, 11) is 0. The van der Waals surface area contributed by atoms with Crippen molar-refractivity contribution in [2.24, 2.45) is 0 Å². The monoisotopic (exact) mass is 362 g/mol. The minimum atomic E-state index is -0.318. The molecule has 0 spiro atoms. The maximum absolute atomic E-state index is 12.6. The van der Waals surface area contributed by atoms with Crippen LogP contribution in [0.4, 0.5) is 17.2 Å². The second-order valence-electron chi connectivity index (χ2n) is 5.86. The molecule has 0 saturated heterocycles. The Kier molecular flexibility index (Phi) is 4.57. The predicted octanol–water partition coefficient (Wildman–Crippen LogP) is 3.62. The molecule has 1 amide bonds. The lowest BCUT2D eigenvalue weighted by Gasteiger charge is -2.22. The zero-order valence-electron chi connectivity index (χ0n) is 14.8. The first-order valence-corrected chi connectivity index (χ1v) is 8.60. The quantitative estimate of drug-likeness (QED) is 0.747. The van der Waals surface area contributed by atoms with Crippen molar-refractivity contribution in [2.75, 3.05) is 23.6 Å². The fraction of sp³-hybridized carbons (Fsp3) is 0.150. The number of nitrogens with one attached hydrogen (secondary N) is 1. The number of aromatic nitrogens is 2. The van der Waals surface area contributed by atoms with E-state index in [-0.39, 0.29) is 18.4 Å². The average molecular weight is 362 g/mol. The summed E-state index contributed by atoms with van der Waals surface area (Å²) in [5.74, 6) is 1.62. The number of carbonyl (C=O) groups is 1. The lowest BCUT2D eigenvalue weighted by molar-refractivity contribution is 0.102. The molecule has 1 aliphatic heterocycles. The molecule has 0 atom stereocenters. The lowest BCUT2D eigenvalue weighted by atomic mass is 10.2. The maximum Gasteiger partial charge on any atom is 0.274 e. The first kappa shape index (κ1) is 16.8. The van der Waals surface area contributed by atoms with E-state index in [2.05, 4.69) is 15.3 Å². The number of carbonyl (C=O) groups excluding carboxylic acids is 1. The minimum Gasteiger partial charge on any atom is -0.454 e. The summed E-state index contributed by atoms with van der Waals surface area (Å²) >= 11 is 0. The van der Waals surface area contributed by atoms with Crippen molar-refractivity contribution < 1.29 is 14.3 Å². The first-order chi connectivity index (χ1) is 13.2. The van der Waals surface area contributed by atoms with E-state index in [1.54, 1.807) is 24.3 Å². The van der Waals surface area contributed by atoms with Crippen molar-refractivity contribution in [1.29, 1.82) is 0 Å². The van der Waals surface area contributed by atoms with Crippen LogP contribution >= 0.6 is 0 Å². The molecule has 0 unspecified atom stereocenters. The fourth-order valence-corrected chi connectivity index (χ4v) is 2.87. The Morgan fingerprint density at radius 3 is 2.70 bits per heavy atom. The number of benzene rings is 2. The van der Waals surface area contributed by atoms with Crippen LogP contribution in [0.25, 0.3) is 0 Å². The fourth-order valence-electron chi connectivity index (χ4n) is 2.87. The van der Waals surface area contributed by atoms with Crippen molar-refractivity contribution in [2.45, 2.75) is 6.92 Å². The molecule has 27 heavy (non-hydrogen) atoms. The van der Waals surface area contributed by atoms with Gasteiger partial charge in [0.05, 0.1) is 0 Å². The molecule has 3 aromatic rings. The second kappa shape index (κ2) is 7.33. The topological polar surface area (TPSA) is 76.6 Å². The van der Waals surface area contributed by atoms with Gasteiger partial charge in [0, 0.05) is 30.1 Å². The molecule has 1 aromatic heterocycles. The van der Waals surface area contributed by atoms with Crippen LogP contribution in [0.3, 0.4) is 0 Å². The van der Waals surface area contributed by atoms with Gasteiger partial charge in [0.1, 0.15) is 17.8 Å². The van der Waals surface area contributed by atoms with Crippen molar-refractivity contribution in [3.05, 3.63) is 66.6 Å². The van der Waals surface area contributed by atoms with Crippen LogP contribution in [0.5, 0.6) is 11.5 Å². The van der Waals surface area contributed by atoms with Crippen LogP contribution in [0, 0.1) is 0 Å². The highest BCUT2D eigenvalue weighted by molar-refractivity contribution is 6.03. The molecular weight excluding hydrogens is 344 g/mol. The molecule has 0 fully saturated rings. The Bertz CT molecular complexity index is 962. The number of fused-ring (bicyclic) bond motifs is 1. The predicted molar refractivity (Wildman–Crippen MR) is 102 cm³/mol. The smallest absolute Gasteiger partial charge is 0.274 e. The number of nitrogens with zero attached hydrogens (tertiary/aromatic N) is 3. The van der Waals surface area contributed by atoms with E-state index in [9.17, 15) is 4.79 Å². The van der Waals surface area contributed by atoms with Crippen molar-refractivity contribution in [3.8, 4) is 11.5 Å². The third-order valence-corrected chi connectivity index (χ3v) is 4.18. The van der Waals surface area contributed by atoms with Gasteiger partial charge in [0.2, 0.25) is 6.79 Å². The van der Waals surface area contributed by atoms with Gasteiger partial charge in [0.15, 0.2) is 11.5 Å². The van der Waals surface area contributed by atoms with E-state index in [0.29, 0.717) is 29.5 Å². The number of amides is 1. The summed E-state index contributed by atoms with van der Waals surface area (Å²) in [6, 6.07) is 16.8. The molecule has 0 aliphatic carbocycles. The maximum atomic E-state index is 12.6. The van der Waals surface area contributed by atoms with Gasteiger partial charge >= 0.3 is 0 Å². The molecular formula is C20H18N4O3. The molecule has 0 saturated carbocycles. The highest BCUT2D eigenvalue weighted by atomic mass is 16.7. The molecule has 1 N–H and O–H groups in total. The van der Waals surface area contributed by atoms with Crippen LogP contribution in [-0.4, -0.2) is 29.2 Å². The van der Waals surface area contributed by atoms with Crippen LogP contribution in [0.2, 0.25) is 0 Å². The van der Waals surface area contributed by atoms with Crippen LogP contribution in [0.15, 0.2) is 60.9 Å². The normalized spacial score (nSPS) is 11.9. The number of rotatable bonds is 5. The van der Waals surface area contributed by atoms with Gasteiger partial charge < -0.3 is 19.7 Å². The molecule has 7 heteroatoms. The van der Waals surface area contributed by atoms with Gasteiger partial charge in [0.25, 0.3) is 5.91 Å². The van der Waals surface area contributed by atoms with Crippen molar-refractivity contribution >= 4 is 23.1 Å². The van der Waals surface area contributed by atoms with Gasteiger partial charge in [-0.05, 0) is 31.2 Å². The summed E-state index contributed by atoms with van der Waals surface area (Å²) in [5, 5.41) is 2.83. The zero-order chi connectivity index (χ0) is 18.6. The van der Waals surface area contributed by atoms with E-state index >= 15 is 0 Å². The highest BCUT2D eigenvalue weighted by Crippen LogP contribution is 2.34. The Balaban J connectivity index is 1.55. The summed E-state index contributed by atoms with van der Waals surface area (Å²) in [5.41, 5.74) is 1.90. The summed E-state index contributed by atoms with van der Waals surface area (Å²) < 4.78 is 10.6. The summed E-state index contributed by atoms with van der Waals surface area (Å²) in [6.07, 6.45) is 1.40. The molecule has 7 nitrogen and oxygen atoms in total. The number of ether oxygens (including phenoxy) is 2. The lowest BCUT2D eigenvalue weighted by Crippen LogP contribution is -2.20. The highest BCUT2D eigenvalue weighted by Gasteiger charge is 2.16. The minimum absolute atomic E-state index is 0.189. The van der Waals surface area contributed by atoms with Crippen molar-refractivity contribution in [1.82, 2.24) is 9.97 Å². The molecule has 0 radical (unpaired) electrons. The van der Waals surface area contributed by atoms with E-state index in [1.165, 1.54) is 6.33 Å². The average Bonchev–Trinajstić information content (AvgIpc) is 3.17. The van der Waals surface area contributed by atoms with E-state index in [1.807, 2.05) is 42.2 Å². The Labute approximate surface area is 156 Å². The number of para-hydroxylation sites is 1. The van der Waals surface area contributed by atoms with E-state index < -0.39 is 0 Å². The Hall–Kier alpha value is -3.61. The van der Waals surface area contributed by atoms with E-state index in [0.717, 1.165) is 5.69 Å². The number of anilines is 3. The van der Waals surface area contributed by atoms with Gasteiger partial charge in [-0.3, -0.25) is 4.79 Å². The van der Waals surface area contributed by atoms with Gasteiger partial charge in [-0.25, -0.2) is 9.97 Å². The van der Waals surface area contributed by atoms with Gasteiger partial charge in [-0.2, -0.15) is 0 Å². The standard InChI is InChI=1S/C20H18N4O3/c1-2-24(15-6-4-3-5-7-15)19-11-16(21-12-22-19)20(25)23-14-8-9-17-18(10-14)27-13-26-17/h3-12H,2,13H2,1H3,(H,23,25). The molecule has 1 aliphatic rings. The van der Waals surface area contributed by atoms with Gasteiger partial charge in [-0.1, -0.05) is 18.2 Å². The van der Waals surface area contributed by atoms with Gasteiger partial charge in [-0.15, -0.1) is 0 Å². The molecule has 2 heterocycles. The molecule has 136 valence electrons. The zero-order valence-corrected chi connectivity index (χ0v) is 14.8.